The summed E-state index contributed by atoms with van der Waals surface area (Å²) in [6.07, 6.45) is 2.24. The van der Waals surface area contributed by atoms with Crippen LogP contribution in [0.3, 0.4) is 0 Å². The van der Waals surface area contributed by atoms with E-state index in [0.29, 0.717) is 23.3 Å². The van der Waals surface area contributed by atoms with Crippen LogP contribution in [-0.4, -0.2) is 43.6 Å². The van der Waals surface area contributed by atoms with Gasteiger partial charge in [0.05, 0.1) is 25.3 Å². The second kappa shape index (κ2) is 8.71. The Morgan fingerprint density at radius 2 is 2.00 bits per heavy atom. The minimum Gasteiger partial charge on any atom is -0.497 e. The molecule has 2 atom stereocenters. The number of aromatic nitrogens is 1. The lowest BCUT2D eigenvalue weighted by atomic mass is 10.1. The summed E-state index contributed by atoms with van der Waals surface area (Å²) in [5.41, 5.74) is 2.09. The van der Waals surface area contributed by atoms with Crippen LogP contribution in [0.15, 0.2) is 42.6 Å². The van der Waals surface area contributed by atoms with E-state index in [9.17, 15) is 13.3 Å². The van der Waals surface area contributed by atoms with Crippen LogP contribution in [0.2, 0.25) is 0 Å². The number of halogens is 2. The highest BCUT2D eigenvalue weighted by Gasteiger charge is 2.38. The van der Waals surface area contributed by atoms with Gasteiger partial charge in [-0.1, -0.05) is 6.07 Å². The molecule has 1 aliphatic heterocycles. The van der Waals surface area contributed by atoms with Gasteiger partial charge in [0.25, 0.3) is 0 Å². The van der Waals surface area contributed by atoms with Crippen molar-refractivity contribution in [2.24, 2.45) is 0 Å². The minimum atomic E-state index is -3.79. The van der Waals surface area contributed by atoms with Crippen molar-refractivity contribution in [3.63, 3.8) is 0 Å². The first-order chi connectivity index (χ1) is 14.8. The zero-order valence-corrected chi connectivity index (χ0v) is 18.6. The third-order valence-corrected chi connectivity index (χ3v) is 7.27. The first-order valence-corrected chi connectivity index (χ1v) is 11.5. The second-order valence-electron chi connectivity index (χ2n) is 7.79. The van der Waals surface area contributed by atoms with Crippen molar-refractivity contribution in [1.29, 1.82) is 0 Å². The molecule has 1 fully saturated rings. The summed E-state index contributed by atoms with van der Waals surface area (Å²) in [5, 5.41) is 0.931. The third kappa shape index (κ3) is 4.39. The SMILES string of the molecule is COc1ccc2c(CCN(C)C)cn(P3(=O)OCCC(c4ccc(F)c(F)c4)O3)c2c1. The standard InChI is InChI=1S/C22H25F2N2O4P/c1-25(2)10-8-16-14-26(21-13-17(28-3)5-6-18(16)21)31(27)29-11-9-22(30-31)15-4-7-19(23)20(24)12-15/h4-7,12-14,22H,8-11H2,1-3H3. The molecule has 9 heteroatoms. The fraction of sp³-hybridized carbons (Fsp3) is 0.364. The summed E-state index contributed by atoms with van der Waals surface area (Å²) in [7, 11) is 1.76. The van der Waals surface area contributed by atoms with Crippen molar-refractivity contribution in [2.45, 2.75) is 18.9 Å². The first kappa shape index (κ1) is 22.0. The van der Waals surface area contributed by atoms with Crippen molar-refractivity contribution in [3.8, 4) is 5.75 Å². The molecule has 31 heavy (non-hydrogen) atoms. The average Bonchev–Trinajstić information content (AvgIpc) is 3.13. The Morgan fingerprint density at radius 1 is 1.19 bits per heavy atom. The van der Waals surface area contributed by atoms with Gasteiger partial charge < -0.3 is 9.64 Å². The summed E-state index contributed by atoms with van der Waals surface area (Å²) >= 11 is 0. The number of nitrogens with zero attached hydrogens (tertiary/aromatic N) is 2. The van der Waals surface area contributed by atoms with Gasteiger partial charge >= 0.3 is 7.75 Å². The van der Waals surface area contributed by atoms with Gasteiger partial charge in [0.15, 0.2) is 11.6 Å². The normalized spacial score (nSPS) is 21.7. The summed E-state index contributed by atoms with van der Waals surface area (Å²) in [6.45, 7) is 0.978. The predicted molar refractivity (Wildman–Crippen MR) is 115 cm³/mol. The van der Waals surface area contributed by atoms with Crippen molar-refractivity contribution >= 4 is 18.6 Å². The Kier molecular flexibility index (Phi) is 6.17. The Balaban J connectivity index is 1.74. The van der Waals surface area contributed by atoms with E-state index in [0.717, 1.165) is 36.0 Å². The van der Waals surface area contributed by atoms with Crippen molar-refractivity contribution in [1.82, 2.24) is 9.24 Å². The van der Waals surface area contributed by atoms with E-state index in [1.54, 1.807) is 19.4 Å². The predicted octanol–water partition coefficient (Wildman–Crippen LogP) is 5.17. The maximum Gasteiger partial charge on any atom is 0.439 e. The smallest absolute Gasteiger partial charge is 0.439 e. The van der Waals surface area contributed by atoms with Crippen molar-refractivity contribution in [3.05, 3.63) is 65.4 Å². The highest BCUT2D eigenvalue weighted by atomic mass is 31.2. The van der Waals surface area contributed by atoms with E-state index in [-0.39, 0.29) is 6.61 Å². The Bertz CT molecular complexity index is 1150. The molecule has 1 aliphatic rings. The highest BCUT2D eigenvalue weighted by Crippen LogP contribution is 2.58. The van der Waals surface area contributed by atoms with E-state index < -0.39 is 25.5 Å². The molecular weight excluding hydrogens is 425 g/mol. The molecule has 1 saturated heterocycles. The number of ether oxygens (including phenoxy) is 1. The minimum absolute atomic E-state index is 0.164. The van der Waals surface area contributed by atoms with E-state index in [2.05, 4.69) is 4.90 Å². The molecule has 166 valence electrons. The van der Waals surface area contributed by atoms with Gasteiger partial charge in [0.2, 0.25) is 0 Å². The maximum atomic E-state index is 13.8. The molecule has 2 aromatic carbocycles. The van der Waals surface area contributed by atoms with Crippen LogP contribution in [-0.2, 0) is 20.0 Å². The lowest BCUT2D eigenvalue weighted by molar-refractivity contribution is 0.0769. The lowest BCUT2D eigenvalue weighted by Crippen LogP contribution is -2.17. The molecule has 0 saturated carbocycles. The van der Waals surface area contributed by atoms with E-state index >= 15 is 0 Å². The molecule has 0 radical (unpaired) electrons. The van der Waals surface area contributed by atoms with E-state index in [1.807, 2.05) is 26.2 Å². The molecular formula is C22H25F2N2O4P. The average molecular weight is 450 g/mol. The second-order valence-corrected chi connectivity index (χ2v) is 9.63. The zero-order valence-electron chi connectivity index (χ0n) is 17.7. The maximum absolute atomic E-state index is 13.8. The van der Waals surface area contributed by atoms with Gasteiger partial charge in [-0.25, -0.2) is 13.3 Å². The summed E-state index contributed by atoms with van der Waals surface area (Å²) < 4.78 is 59.4. The fourth-order valence-electron chi connectivity index (χ4n) is 3.70. The molecule has 0 spiro atoms. The molecule has 0 aliphatic carbocycles. The van der Waals surface area contributed by atoms with Crippen LogP contribution in [0, 0.1) is 11.6 Å². The van der Waals surface area contributed by atoms with Crippen LogP contribution in [0.25, 0.3) is 10.9 Å². The molecule has 6 nitrogen and oxygen atoms in total. The lowest BCUT2D eigenvalue weighted by Gasteiger charge is -2.30. The largest absolute Gasteiger partial charge is 0.497 e. The number of fused-ring (bicyclic) bond motifs is 1. The van der Waals surface area contributed by atoms with Gasteiger partial charge in [-0.3, -0.25) is 13.4 Å². The molecule has 0 amide bonds. The summed E-state index contributed by atoms with van der Waals surface area (Å²) in [5.74, 6) is -1.29. The molecule has 3 aromatic rings. The van der Waals surface area contributed by atoms with Crippen LogP contribution in [0.1, 0.15) is 23.7 Å². The third-order valence-electron chi connectivity index (χ3n) is 5.38. The highest BCUT2D eigenvalue weighted by molar-refractivity contribution is 7.52. The Morgan fingerprint density at radius 3 is 2.71 bits per heavy atom. The van der Waals surface area contributed by atoms with Gasteiger partial charge in [-0.05, 0) is 55.9 Å². The Hall–Kier alpha value is -2.25. The molecule has 4 rings (SSSR count). The summed E-state index contributed by atoms with van der Waals surface area (Å²) in [4.78, 5) is 2.07. The van der Waals surface area contributed by atoms with Gasteiger partial charge in [-0.15, -0.1) is 0 Å². The van der Waals surface area contributed by atoms with Crippen LogP contribution in [0.5, 0.6) is 5.75 Å². The van der Waals surface area contributed by atoms with Crippen molar-refractivity contribution < 1.29 is 27.1 Å². The zero-order chi connectivity index (χ0) is 22.2. The molecule has 1 aromatic heterocycles. The number of rotatable bonds is 6. The summed E-state index contributed by atoms with van der Waals surface area (Å²) in [6, 6.07) is 9.14. The van der Waals surface area contributed by atoms with E-state index in [1.165, 1.54) is 10.4 Å². The molecule has 0 N–H and O–H groups in total. The van der Waals surface area contributed by atoms with Gasteiger partial charge in [0, 0.05) is 30.6 Å². The Labute approximate surface area is 179 Å². The number of likely N-dealkylation sites (N-methyl/N-ethyl adjacent to an activating group) is 1. The number of hydrogen-bond acceptors (Lipinski definition) is 5. The van der Waals surface area contributed by atoms with Crippen LogP contribution in [0.4, 0.5) is 8.78 Å². The van der Waals surface area contributed by atoms with Crippen molar-refractivity contribution in [2.75, 3.05) is 34.4 Å². The van der Waals surface area contributed by atoms with Crippen LogP contribution >= 0.6 is 7.75 Å². The number of methoxy groups -OCH3 is 1. The number of hydrogen-bond donors (Lipinski definition) is 0. The monoisotopic (exact) mass is 450 g/mol. The van der Waals surface area contributed by atoms with Gasteiger partial charge in [-0.2, -0.15) is 0 Å². The quantitative estimate of drug-likeness (QED) is 0.485. The van der Waals surface area contributed by atoms with E-state index in [4.69, 9.17) is 13.8 Å². The fourth-order valence-corrected chi connectivity index (χ4v) is 5.59. The topological polar surface area (TPSA) is 52.9 Å². The molecule has 0 bridgehead atoms. The number of benzene rings is 2. The molecule has 2 unspecified atom stereocenters. The molecule has 2 heterocycles. The first-order valence-electron chi connectivity index (χ1n) is 10.0. The van der Waals surface area contributed by atoms with Gasteiger partial charge in [0.1, 0.15) is 5.75 Å². The van der Waals surface area contributed by atoms with Crippen LogP contribution < -0.4 is 4.74 Å².